The second-order valence-electron chi connectivity index (χ2n) is 6.00. The van der Waals surface area contributed by atoms with Crippen molar-refractivity contribution >= 4 is 17.0 Å². The van der Waals surface area contributed by atoms with Crippen molar-refractivity contribution in [1.29, 1.82) is 0 Å². The van der Waals surface area contributed by atoms with Gasteiger partial charge in [-0.1, -0.05) is 36.4 Å². The first-order chi connectivity index (χ1) is 12.8. The topological polar surface area (TPSA) is 68.0 Å². The first kappa shape index (κ1) is 16.0. The van der Waals surface area contributed by atoms with E-state index in [0.29, 0.717) is 30.0 Å². The van der Waals surface area contributed by atoms with Crippen LogP contribution < -0.4 is 5.32 Å². The minimum atomic E-state index is -0.156. The Kier molecular flexibility index (Phi) is 4.43. The first-order valence-corrected chi connectivity index (χ1v) is 8.38. The van der Waals surface area contributed by atoms with Crippen molar-refractivity contribution in [2.45, 2.75) is 13.0 Å². The van der Waals surface area contributed by atoms with Crippen molar-refractivity contribution in [2.24, 2.45) is 0 Å². The Morgan fingerprint density at radius 1 is 1.00 bits per heavy atom. The lowest BCUT2D eigenvalue weighted by atomic mass is 10.1. The summed E-state index contributed by atoms with van der Waals surface area (Å²) >= 11 is 0. The minimum Gasteiger partial charge on any atom is -0.440 e. The van der Waals surface area contributed by atoms with Crippen LogP contribution in [0.3, 0.4) is 0 Å². The highest BCUT2D eigenvalue weighted by Crippen LogP contribution is 2.19. The summed E-state index contributed by atoms with van der Waals surface area (Å²) in [5.41, 5.74) is 3.99. The Hall–Kier alpha value is -3.47. The van der Waals surface area contributed by atoms with Crippen LogP contribution in [0.2, 0.25) is 0 Å². The number of fused-ring (bicyclic) bond motifs is 1. The van der Waals surface area contributed by atoms with Crippen molar-refractivity contribution in [3.05, 3.63) is 95.6 Å². The smallest absolute Gasteiger partial charge is 0.251 e. The summed E-state index contributed by atoms with van der Waals surface area (Å²) < 4.78 is 5.82. The predicted molar refractivity (Wildman–Crippen MR) is 98.7 cm³/mol. The molecule has 0 spiro atoms. The number of benzene rings is 2. The van der Waals surface area contributed by atoms with Crippen molar-refractivity contribution in [2.75, 3.05) is 0 Å². The van der Waals surface area contributed by atoms with E-state index >= 15 is 0 Å². The predicted octanol–water partition coefficient (Wildman–Crippen LogP) is 3.74. The third kappa shape index (κ3) is 3.62. The molecule has 128 valence electrons. The van der Waals surface area contributed by atoms with E-state index in [1.807, 2.05) is 48.5 Å². The summed E-state index contributed by atoms with van der Waals surface area (Å²) in [5, 5.41) is 2.89. The standard InChI is InChI=1S/C21H17N3O2/c25-21(23-14-16-7-4-10-22-13-16)17-8-9-18-19(12-17)26-20(24-18)11-15-5-2-1-3-6-15/h1-10,12-13H,11,14H2,(H,23,25). The SMILES string of the molecule is O=C(NCc1cccnc1)c1ccc2nc(Cc3ccccc3)oc2c1. The second kappa shape index (κ2) is 7.19. The number of oxazole rings is 1. The first-order valence-electron chi connectivity index (χ1n) is 8.38. The molecule has 0 unspecified atom stereocenters. The van der Waals surface area contributed by atoms with Gasteiger partial charge in [-0.05, 0) is 35.4 Å². The number of nitrogens with one attached hydrogen (secondary N) is 1. The summed E-state index contributed by atoms with van der Waals surface area (Å²) in [6, 6.07) is 19.1. The van der Waals surface area contributed by atoms with Gasteiger partial charge in [0.2, 0.25) is 0 Å². The number of nitrogens with zero attached hydrogens (tertiary/aromatic N) is 2. The average Bonchev–Trinajstić information content (AvgIpc) is 3.09. The Balaban J connectivity index is 1.49. The number of hydrogen-bond donors (Lipinski definition) is 1. The number of carbonyl (C=O) groups is 1. The fraction of sp³-hybridized carbons (Fsp3) is 0.0952. The van der Waals surface area contributed by atoms with Crippen molar-refractivity contribution in [3.8, 4) is 0 Å². The molecule has 2 heterocycles. The average molecular weight is 343 g/mol. The van der Waals surface area contributed by atoms with E-state index in [1.165, 1.54) is 0 Å². The molecule has 2 aromatic carbocycles. The second-order valence-corrected chi connectivity index (χ2v) is 6.00. The zero-order valence-electron chi connectivity index (χ0n) is 14.1. The van der Waals surface area contributed by atoms with Crippen molar-refractivity contribution < 1.29 is 9.21 Å². The number of hydrogen-bond acceptors (Lipinski definition) is 4. The molecule has 0 atom stereocenters. The number of aromatic nitrogens is 2. The number of carbonyl (C=O) groups excluding carboxylic acids is 1. The summed E-state index contributed by atoms with van der Waals surface area (Å²) in [6.07, 6.45) is 4.06. The fourth-order valence-corrected chi connectivity index (χ4v) is 2.75. The maximum absolute atomic E-state index is 12.4. The van der Waals surface area contributed by atoms with Crippen LogP contribution >= 0.6 is 0 Å². The van der Waals surface area contributed by atoms with Gasteiger partial charge in [0.1, 0.15) is 5.52 Å². The van der Waals surface area contributed by atoms with Crippen LogP contribution in [0.1, 0.15) is 27.4 Å². The van der Waals surface area contributed by atoms with E-state index in [2.05, 4.69) is 15.3 Å². The van der Waals surface area contributed by atoms with Crippen LogP contribution in [-0.2, 0) is 13.0 Å². The fourth-order valence-electron chi connectivity index (χ4n) is 2.75. The molecule has 1 N–H and O–H groups in total. The number of pyridine rings is 1. The van der Waals surface area contributed by atoms with Gasteiger partial charge in [-0.3, -0.25) is 9.78 Å². The molecule has 4 aromatic rings. The molecule has 0 radical (unpaired) electrons. The Labute approximate surface area is 150 Å². The van der Waals surface area contributed by atoms with Gasteiger partial charge in [-0.25, -0.2) is 4.98 Å². The summed E-state index contributed by atoms with van der Waals surface area (Å²) in [5.74, 6) is 0.482. The van der Waals surface area contributed by atoms with E-state index in [-0.39, 0.29) is 5.91 Å². The monoisotopic (exact) mass is 343 g/mol. The van der Waals surface area contributed by atoms with Crippen LogP contribution in [0.5, 0.6) is 0 Å². The Morgan fingerprint density at radius 3 is 2.65 bits per heavy atom. The molecular formula is C21H17N3O2. The Morgan fingerprint density at radius 2 is 1.85 bits per heavy atom. The molecule has 4 rings (SSSR count). The molecule has 0 saturated heterocycles. The van der Waals surface area contributed by atoms with Crippen LogP contribution in [0.25, 0.3) is 11.1 Å². The lowest BCUT2D eigenvalue weighted by Gasteiger charge is -2.04. The highest BCUT2D eigenvalue weighted by atomic mass is 16.3. The molecule has 0 fully saturated rings. The molecular weight excluding hydrogens is 326 g/mol. The quantitative estimate of drug-likeness (QED) is 0.599. The molecule has 0 aliphatic rings. The Bertz CT molecular complexity index is 1030. The van der Waals surface area contributed by atoms with Gasteiger partial charge in [0.25, 0.3) is 5.91 Å². The normalized spacial score (nSPS) is 10.8. The molecule has 5 nitrogen and oxygen atoms in total. The molecule has 5 heteroatoms. The zero-order chi connectivity index (χ0) is 17.8. The van der Waals surface area contributed by atoms with Gasteiger partial charge in [0, 0.05) is 30.9 Å². The molecule has 0 aliphatic heterocycles. The summed E-state index contributed by atoms with van der Waals surface area (Å²) in [4.78, 5) is 20.9. The zero-order valence-corrected chi connectivity index (χ0v) is 14.1. The summed E-state index contributed by atoms with van der Waals surface area (Å²) in [7, 11) is 0. The van der Waals surface area contributed by atoms with Gasteiger partial charge in [0.15, 0.2) is 11.5 Å². The lowest BCUT2D eigenvalue weighted by Crippen LogP contribution is -2.22. The van der Waals surface area contributed by atoms with E-state index in [1.54, 1.807) is 24.5 Å². The highest BCUT2D eigenvalue weighted by Gasteiger charge is 2.11. The molecule has 26 heavy (non-hydrogen) atoms. The van der Waals surface area contributed by atoms with Crippen LogP contribution in [0.4, 0.5) is 0 Å². The molecule has 2 aromatic heterocycles. The third-order valence-electron chi connectivity index (χ3n) is 4.07. The van der Waals surface area contributed by atoms with Crippen LogP contribution in [0, 0.1) is 0 Å². The number of rotatable bonds is 5. The molecule has 1 amide bonds. The summed E-state index contributed by atoms with van der Waals surface area (Å²) in [6.45, 7) is 0.431. The van der Waals surface area contributed by atoms with E-state index < -0.39 is 0 Å². The molecule has 0 aliphatic carbocycles. The van der Waals surface area contributed by atoms with Crippen LogP contribution in [-0.4, -0.2) is 15.9 Å². The third-order valence-corrected chi connectivity index (χ3v) is 4.07. The van der Waals surface area contributed by atoms with E-state index in [4.69, 9.17) is 4.42 Å². The van der Waals surface area contributed by atoms with Crippen molar-refractivity contribution in [3.63, 3.8) is 0 Å². The van der Waals surface area contributed by atoms with Crippen LogP contribution in [0.15, 0.2) is 77.5 Å². The minimum absolute atomic E-state index is 0.156. The van der Waals surface area contributed by atoms with Gasteiger partial charge >= 0.3 is 0 Å². The maximum Gasteiger partial charge on any atom is 0.251 e. The van der Waals surface area contributed by atoms with E-state index in [0.717, 1.165) is 16.6 Å². The largest absolute Gasteiger partial charge is 0.440 e. The van der Waals surface area contributed by atoms with Gasteiger partial charge in [-0.2, -0.15) is 0 Å². The molecule has 0 bridgehead atoms. The van der Waals surface area contributed by atoms with Gasteiger partial charge in [0.05, 0.1) is 0 Å². The molecule has 0 saturated carbocycles. The van der Waals surface area contributed by atoms with E-state index in [9.17, 15) is 4.79 Å². The van der Waals surface area contributed by atoms with Gasteiger partial charge in [-0.15, -0.1) is 0 Å². The number of amides is 1. The lowest BCUT2D eigenvalue weighted by molar-refractivity contribution is 0.0951. The van der Waals surface area contributed by atoms with Gasteiger partial charge < -0.3 is 9.73 Å². The maximum atomic E-state index is 12.4. The highest BCUT2D eigenvalue weighted by molar-refractivity contribution is 5.96. The van der Waals surface area contributed by atoms with Crippen molar-refractivity contribution in [1.82, 2.24) is 15.3 Å².